The Kier molecular flexibility index (Phi) is 4.78. The lowest BCUT2D eigenvalue weighted by Gasteiger charge is -2.42. The second-order valence-corrected chi connectivity index (χ2v) is 6.77. The summed E-state index contributed by atoms with van der Waals surface area (Å²) in [5.41, 5.74) is 1.22. The van der Waals surface area contributed by atoms with E-state index in [1.165, 1.54) is 25.7 Å². The Morgan fingerprint density at radius 2 is 1.95 bits per heavy atom. The summed E-state index contributed by atoms with van der Waals surface area (Å²) >= 11 is 0. The molecule has 0 spiro atoms. The molecule has 4 atom stereocenters. The average Bonchev–Trinajstić information content (AvgIpc) is 2.54. The summed E-state index contributed by atoms with van der Waals surface area (Å²) in [4.78, 5) is 0. The van der Waals surface area contributed by atoms with Crippen molar-refractivity contribution in [3.8, 4) is 6.07 Å². The van der Waals surface area contributed by atoms with E-state index in [1.807, 2.05) is 12.1 Å². The van der Waals surface area contributed by atoms with Crippen molar-refractivity contribution < 1.29 is 9.13 Å². The van der Waals surface area contributed by atoms with Gasteiger partial charge in [-0.05, 0) is 80.9 Å². The molecule has 0 aliphatic heterocycles. The highest BCUT2D eigenvalue weighted by Crippen LogP contribution is 2.46. The van der Waals surface area contributed by atoms with E-state index < -0.39 is 0 Å². The SMILES string of the molecule is CCOC1CCC2CC(c3ccc(C#N)c(F)c3)CCC2C1. The van der Waals surface area contributed by atoms with Crippen molar-refractivity contribution in [2.45, 2.75) is 57.5 Å². The number of hydrogen-bond donors (Lipinski definition) is 0. The zero-order chi connectivity index (χ0) is 15.5. The van der Waals surface area contributed by atoms with E-state index in [2.05, 4.69) is 6.92 Å². The van der Waals surface area contributed by atoms with Crippen molar-refractivity contribution in [2.75, 3.05) is 6.61 Å². The summed E-state index contributed by atoms with van der Waals surface area (Å²) in [5.74, 6) is 1.62. The van der Waals surface area contributed by atoms with Crippen molar-refractivity contribution in [1.29, 1.82) is 5.26 Å². The van der Waals surface area contributed by atoms with Crippen molar-refractivity contribution >= 4 is 0 Å². The van der Waals surface area contributed by atoms with Gasteiger partial charge in [0.25, 0.3) is 0 Å². The Morgan fingerprint density at radius 3 is 2.68 bits per heavy atom. The number of hydrogen-bond acceptors (Lipinski definition) is 2. The van der Waals surface area contributed by atoms with E-state index in [4.69, 9.17) is 10.00 Å². The molecule has 2 aliphatic carbocycles. The number of benzene rings is 1. The van der Waals surface area contributed by atoms with Crippen LogP contribution in [0.25, 0.3) is 0 Å². The highest BCUT2D eigenvalue weighted by atomic mass is 19.1. The molecule has 2 fully saturated rings. The Bertz CT molecular complexity index is 565. The molecule has 0 heterocycles. The van der Waals surface area contributed by atoms with Gasteiger partial charge in [-0.15, -0.1) is 0 Å². The maximum absolute atomic E-state index is 13.8. The molecule has 0 radical (unpaired) electrons. The number of fused-ring (bicyclic) bond motifs is 1. The van der Waals surface area contributed by atoms with E-state index in [1.54, 1.807) is 12.1 Å². The lowest BCUT2D eigenvalue weighted by molar-refractivity contribution is -0.00956. The molecule has 0 amide bonds. The highest BCUT2D eigenvalue weighted by Gasteiger charge is 2.36. The maximum Gasteiger partial charge on any atom is 0.141 e. The van der Waals surface area contributed by atoms with Gasteiger partial charge in [-0.25, -0.2) is 4.39 Å². The molecule has 1 aromatic rings. The number of halogens is 1. The van der Waals surface area contributed by atoms with Crippen molar-refractivity contribution in [3.05, 3.63) is 35.1 Å². The fourth-order valence-electron chi connectivity index (χ4n) is 4.41. The van der Waals surface area contributed by atoms with Crippen LogP contribution in [-0.4, -0.2) is 12.7 Å². The smallest absolute Gasteiger partial charge is 0.141 e. The van der Waals surface area contributed by atoms with Crippen LogP contribution in [0.1, 0.15) is 62.5 Å². The highest BCUT2D eigenvalue weighted by molar-refractivity contribution is 5.35. The van der Waals surface area contributed by atoms with Crippen LogP contribution in [0.3, 0.4) is 0 Å². The first kappa shape index (κ1) is 15.5. The van der Waals surface area contributed by atoms with Crippen LogP contribution >= 0.6 is 0 Å². The van der Waals surface area contributed by atoms with Gasteiger partial charge in [0.15, 0.2) is 0 Å². The molecule has 3 rings (SSSR count). The third kappa shape index (κ3) is 3.17. The lowest BCUT2D eigenvalue weighted by atomic mass is 9.65. The first-order valence-corrected chi connectivity index (χ1v) is 8.52. The first-order valence-electron chi connectivity index (χ1n) is 8.52. The Labute approximate surface area is 132 Å². The molecule has 3 heteroatoms. The molecular formula is C19H24FNO. The molecule has 22 heavy (non-hydrogen) atoms. The van der Waals surface area contributed by atoms with Gasteiger partial charge < -0.3 is 4.74 Å². The second-order valence-electron chi connectivity index (χ2n) is 6.77. The molecule has 1 aromatic carbocycles. The molecule has 0 N–H and O–H groups in total. The molecular weight excluding hydrogens is 277 g/mol. The fraction of sp³-hybridized carbons (Fsp3) is 0.632. The van der Waals surface area contributed by atoms with Crippen LogP contribution < -0.4 is 0 Å². The van der Waals surface area contributed by atoms with Crippen molar-refractivity contribution in [2.24, 2.45) is 11.8 Å². The molecule has 2 saturated carbocycles. The standard InChI is InChI=1S/C19H24FNO/c1-2-22-18-8-7-14-9-13(3-4-15(14)10-18)16-5-6-17(12-21)19(20)11-16/h5-6,11,13-15,18H,2-4,7-10H2,1H3. The molecule has 2 aliphatic rings. The average molecular weight is 301 g/mol. The van der Waals surface area contributed by atoms with Crippen LogP contribution in [0.15, 0.2) is 18.2 Å². The van der Waals surface area contributed by atoms with Gasteiger partial charge >= 0.3 is 0 Å². The van der Waals surface area contributed by atoms with E-state index >= 15 is 0 Å². The van der Waals surface area contributed by atoms with Crippen LogP contribution in [0.4, 0.5) is 4.39 Å². The third-order valence-electron chi connectivity index (χ3n) is 5.55. The number of rotatable bonds is 3. The van der Waals surface area contributed by atoms with Crippen LogP contribution in [0.5, 0.6) is 0 Å². The summed E-state index contributed by atoms with van der Waals surface area (Å²) in [6.07, 6.45) is 7.58. The van der Waals surface area contributed by atoms with Gasteiger partial charge in [-0.2, -0.15) is 5.26 Å². The van der Waals surface area contributed by atoms with E-state index in [9.17, 15) is 4.39 Å². The Hall–Kier alpha value is -1.40. The first-order chi connectivity index (χ1) is 10.7. The monoisotopic (exact) mass is 301 g/mol. The molecule has 4 unspecified atom stereocenters. The second kappa shape index (κ2) is 6.79. The van der Waals surface area contributed by atoms with Gasteiger partial charge in [0.2, 0.25) is 0 Å². The maximum atomic E-state index is 13.8. The molecule has 118 valence electrons. The Morgan fingerprint density at radius 1 is 1.18 bits per heavy atom. The van der Waals surface area contributed by atoms with Crippen LogP contribution in [-0.2, 0) is 4.74 Å². The van der Waals surface area contributed by atoms with Crippen LogP contribution in [0.2, 0.25) is 0 Å². The fourth-order valence-corrected chi connectivity index (χ4v) is 4.41. The molecule has 0 bridgehead atoms. The largest absolute Gasteiger partial charge is 0.378 e. The Balaban J connectivity index is 1.65. The molecule has 0 saturated heterocycles. The molecule has 2 nitrogen and oxygen atoms in total. The van der Waals surface area contributed by atoms with Gasteiger partial charge in [0, 0.05) is 6.61 Å². The number of ether oxygens (including phenoxy) is 1. The topological polar surface area (TPSA) is 33.0 Å². The van der Waals surface area contributed by atoms with E-state index in [0.717, 1.165) is 36.8 Å². The predicted molar refractivity (Wildman–Crippen MR) is 84.0 cm³/mol. The van der Waals surface area contributed by atoms with Gasteiger partial charge in [0.1, 0.15) is 11.9 Å². The summed E-state index contributed by atoms with van der Waals surface area (Å²) < 4.78 is 19.6. The van der Waals surface area contributed by atoms with Crippen molar-refractivity contribution in [1.82, 2.24) is 0 Å². The quantitative estimate of drug-likeness (QED) is 0.804. The van der Waals surface area contributed by atoms with E-state index in [-0.39, 0.29) is 11.4 Å². The summed E-state index contributed by atoms with van der Waals surface area (Å²) in [6, 6.07) is 7.05. The van der Waals surface area contributed by atoms with E-state index in [0.29, 0.717) is 12.0 Å². The van der Waals surface area contributed by atoms with Crippen LogP contribution in [0, 0.1) is 29.0 Å². The molecule has 0 aromatic heterocycles. The predicted octanol–water partition coefficient (Wildman–Crippen LogP) is 4.79. The number of nitrogens with zero attached hydrogens (tertiary/aromatic N) is 1. The third-order valence-corrected chi connectivity index (χ3v) is 5.55. The van der Waals surface area contributed by atoms with Gasteiger partial charge in [-0.3, -0.25) is 0 Å². The summed E-state index contributed by atoms with van der Waals surface area (Å²) in [7, 11) is 0. The lowest BCUT2D eigenvalue weighted by Crippen LogP contribution is -2.33. The summed E-state index contributed by atoms with van der Waals surface area (Å²) in [6.45, 7) is 2.89. The summed E-state index contributed by atoms with van der Waals surface area (Å²) in [5, 5.41) is 8.84. The minimum Gasteiger partial charge on any atom is -0.378 e. The zero-order valence-electron chi connectivity index (χ0n) is 13.2. The zero-order valence-corrected chi connectivity index (χ0v) is 13.2. The van der Waals surface area contributed by atoms with Gasteiger partial charge in [-0.1, -0.05) is 6.07 Å². The minimum atomic E-state index is -0.373. The van der Waals surface area contributed by atoms with Crippen molar-refractivity contribution in [3.63, 3.8) is 0 Å². The normalized spacial score (nSPS) is 31.3. The minimum absolute atomic E-state index is 0.148. The van der Waals surface area contributed by atoms with Gasteiger partial charge in [0.05, 0.1) is 11.7 Å². The number of nitriles is 1.